The van der Waals surface area contributed by atoms with Crippen molar-refractivity contribution in [3.05, 3.63) is 11.8 Å². The van der Waals surface area contributed by atoms with E-state index in [-0.39, 0.29) is 22.7 Å². The van der Waals surface area contributed by atoms with Crippen molar-refractivity contribution in [3.8, 4) is 0 Å². The maximum Gasteiger partial charge on any atom is 0.305 e. The van der Waals surface area contributed by atoms with Gasteiger partial charge in [0, 0.05) is 32.3 Å². The largest absolute Gasteiger partial charge is 0.462 e. The highest BCUT2D eigenvalue weighted by molar-refractivity contribution is 5.68. The molecule has 3 aliphatic rings. The first-order valence-corrected chi connectivity index (χ1v) is 9.84. The first-order valence-electron chi connectivity index (χ1n) is 9.84. The van der Waals surface area contributed by atoms with Crippen LogP contribution in [0.4, 0.5) is 0 Å². The van der Waals surface area contributed by atoms with E-state index in [9.17, 15) is 14.4 Å². The normalized spacial score (nSPS) is 38.2. The van der Waals surface area contributed by atoms with Gasteiger partial charge < -0.3 is 18.9 Å². The fraction of sp³-hybridized carbons (Fsp3) is 0.762. The lowest BCUT2D eigenvalue weighted by Crippen LogP contribution is -2.63. The molecular formula is C21H30O7. The molecule has 0 bridgehead atoms. The van der Waals surface area contributed by atoms with E-state index in [0.29, 0.717) is 5.57 Å². The molecule has 0 radical (unpaired) electrons. The highest BCUT2D eigenvalue weighted by atomic mass is 16.7. The van der Waals surface area contributed by atoms with Crippen LogP contribution in [0.25, 0.3) is 0 Å². The van der Waals surface area contributed by atoms with Gasteiger partial charge in [0.1, 0.15) is 6.10 Å². The third kappa shape index (κ3) is 3.40. The summed E-state index contributed by atoms with van der Waals surface area (Å²) in [5.74, 6) is -1.67. The van der Waals surface area contributed by atoms with E-state index < -0.39 is 36.4 Å². The third-order valence-corrected chi connectivity index (χ3v) is 6.60. The molecule has 7 heteroatoms. The van der Waals surface area contributed by atoms with Gasteiger partial charge in [-0.2, -0.15) is 0 Å². The summed E-state index contributed by atoms with van der Waals surface area (Å²) in [5, 5.41) is 0. The number of ether oxygens (including phenoxy) is 4. The van der Waals surface area contributed by atoms with Crippen molar-refractivity contribution >= 4 is 17.9 Å². The number of hydrogen-bond acceptors (Lipinski definition) is 7. The molecule has 28 heavy (non-hydrogen) atoms. The number of esters is 3. The van der Waals surface area contributed by atoms with Gasteiger partial charge in [-0.25, -0.2) is 0 Å². The second kappa shape index (κ2) is 7.08. The standard InChI is InChI=1S/C21H30O7/c1-11(22)26-16-14-10-25-19(28-13(3)24)15(14)21(6)9-7-8-20(4,5)18(21)17(16)27-12(2)23/h10,15-19H,7-9H2,1-6H3/t15-,16+,17-,18?,19+,21-/m1/s1. The van der Waals surface area contributed by atoms with Crippen molar-refractivity contribution in [2.75, 3.05) is 0 Å². The molecule has 2 aliphatic carbocycles. The molecule has 0 saturated heterocycles. The highest BCUT2D eigenvalue weighted by Gasteiger charge is 2.66. The molecule has 156 valence electrons. The maximum absolute atomic E-state index is 12.0. The second-order valence-corrected chi connectivity index (χ2v) is 9.14. The van der Waals surface area contributed by atoms with Crippen LogP contribution in [0.3, 0.4) is 0 Å². The molecule has 1 heterocycles. The summed E-state index contributed by atoms with van der Waals surface area (Å²) in [6.45, 7) is 10.5. The van der Waals surface area contributed by atoms with Crippen molar-refractivity contribution in [1.29, 1.82) is 0 Å². The van der Waals surface area contributed by atoms with Gasteiger partial charge in [0.15, 0.2) is 6.10 Å². The molecule has 1 unspecified atom stereocenters. The molecule has 2 fully saturated rings. The Hall–Kier alpha value is -2.05. The fourth-order valence-corrected chi connectivity index (χ4v) is 5.95. The molecule has 7 nitrogen and oxygen atoms in total. The Morgan fingerprint density at radius 3 is 2.14 bits per heavy atom. The summed E-state index contributed by atoms with van der Waals surface area (Å²) in [6.07, 6.45) is 2.20. The van der Waals surface area contributed by atoms with Crippen LogP contribution < -0.4 is 0 Å². The molecule has 0 N–H and O–H groups in total. The predicted molar refractivity (Wildman–Crippen MR) is 98.5 cm³/mol. The van der Waals surface area contributed by atoms with E-state index >= 15 is 0 Å². The molecule has 1 aliphatic heterocycles. The number of rotatable bonds is 3. The van der Waals surface area contributed by atoms with Crippen LogP contribution in [-0.2, 0) is 33.3 Å². The van der Waals surface area contributed by atoms with Gasteiger partial charge in [-0.1, -0.05) is 27.2 Å². The molecule has 6 atom stereocenters. The van der Waals surface area contributed by atoms with Gasteiger partial charge in [0.05, 0.1) is 12.2 Å². The topological polar surface area (TPSA) is 88.1 Å². The molecule has 0 amide bonds. The van der Waals surface area contributed by atoms with Crippen molar-refractivity contribution in [2.24, 2.45) is 22.7 Å². The minimum absolute atomic E-state index is 0.0936. The van der Waals surface area contributed by atoms with Crippen molar-refractivity contribution in [1.82, 2.24) is 0 Å². The lowest BCUT2D eigenvalue weighted by molar-refractivity contribution is -0.221. The predicted octanol–water partition coefficient (Wildman–Crippen LogP) is 3.12. The van der Waals surface area contributed by atoms with E-state index in [1.54, 1.807) is 0 Å². The third-order valence-electron chi connectivity index (χ3n) is 6.60. The zero-order valence-electron chi connectivity index (χ0n) is 17.4. The number of carbonyl (C=O) groups excluding carboxylic acids is 3. The molecule has 0 spiro atoms. The zero-order chi connectivity index (χ0) is 20.9. The van der Waals surface area contributed by atoms with Crippen LogP contribution in [0.2, 0.25) is 0 Å². The summed E-state index contributed by atoms with van der Waals surface area (Å²) in [4.78, 5) is 35.5. The molecule has 2 saturated carbocycles. The minimum atomic E-state index is -0.773. The quantitative estimate of drug-likeness (QED) is 0.537. The van der Waals surface area contributed by atoms with Crippen molar-refractivity contribution in [2.45, 2.75) is 79.3 Å². The first kappa shape index (κ1) is 20.7. The Morgan fingerprint density at radius 2 is 1.57 bits per heavy atom. The molecular weight excluding hydrogens is 364 g/mol. The Morgan fingerprint density at radius 1 is 0.964 bits per heavy atom. The second-order valence-electron chi connectivity index (χ2n) is 9.14. The highest BCUT2D eigenvalue weighted by Crippen LogP contribution is 2.64. The number of fused-ring (bicyclic) bond motifs is 3. The lowest BCUT2D eigenvalue weighted by atomic mass is 9.46. The molecule has 0 aromatic heterocycles. The summed E-state index contributed by atoms with van der Waals surface area (Å²) in [5.41, 5.74) is 0.200. The Balaban J connectivity index is 2.13. The van der Waals surface area contributed by atoms with Gasteiger partial charge in [0.2, 0.25) is 0 Å². The first-order chi connectivity index (χ1) is 13.0. The zero-order valence-corrected chi connectivity index (χ0v) is 17.4. The van der Waals surface area contributed by atoms with Crippen LogP contribution in [0.15, 0.2) is 11.8 Å². The summed E-state index contributed by atoms with van der Waals surface area (Å²) >= 11 is 0. The summed E-state index contributed by atoms with van der Waals surface area (Å²) < 4.78 is 22.6. The lowest BCUT2D eigenvalue weighted by Gasteiger charge is -2.60. The van der Waals surface area contributed by atoms with Crippen LogP contribution >= 0.6 is 0 Å². The molecule has 3 rings (SSSR count). The van der Waals surface area contributed by atoms with E-state index in [4.69, 9.17) is 18.9 Å². The Kier molecular flexibility index (Phi) is 5.23. The van der Waals surface area contributed by atoms with Gasteiger partial charge in [-0.05, 0) is 23.7 Å². The number of hydrogen-bond donors (Lipinski definition) is 0. The van der Waals surface area contributed by atoms with Crippen LogP contribution in [0, 0.1) is 22.7 Å². The van der Waals surface area contributed by atoms with E-state index in [2.05, 4.69) is 20.8 Å². The SMILES string of the molecule is CC(=O)O[C@@H]1OC=C2[C@H]1[C@@]1(C)CCCC(C)(C)C1[C@H](OC(C)=O)[C@H]2OC(C)=O. The van der Waals surface area contributed by atoms with Gasteiger partial charge in [-0.3, -0.25) is 14.4 Å². The Labute approximate surface area is 165 Å². The fourth-order valence-electron chi connectivity index (χ4n) is 5.95. The van der Waals surface area contributed by atoms with Gasteiger partial charge >= 0.3 is 17.9 Å². The average Bonchev–Trinajstić information content (AvgIpc) is 2.93. The van der Waals surface area contributed by atoms with Crippen molar-refractivity contribution < 1.29 is 33.3 Å². The smallest absolute Gasteiger partial charge is 0.305 e. The van der Waals surface area contributed by atoms with E-state index in [1.807, 2.05) is 0 Å². The molecule has 0 aromatic rings. The van der Waals surface area contributed by atoms with E-state index in [1.165, 1.54) is 27.0 Å². The number of carbonyl (C=O) groups is 3. The maximum atomic E-state index is 12.0. The van der Waals surface area contributed by atoms with Gasteiger partial charge in [-0.15, -0.1) is 0 Å². The monoisotopic (exact) mass is 394 g/mol. The molecule has 0 aromatic carbocycles. The van der Waals surface area contributed by atoms with E-state index in [0.717, 1.165) is 19.3 Å². The van der Waals surface area contributed by atoms with Crippen LogP contribution in [0.5, 0.6) is 0 Å². The van der Waals surface area contributed by atoms with Crippen LogP contribution in [0.1, 0.15) is 60.8 Å². The summed E-state index contributed by atoms with van der Waals surface area (Å²) in [6, 6.07) is 0. The van der Waals surface area contributed by atoms with Crippen molar-refractivity contribution in [3.63, 3.8) is 0 Å². The Bertz CT molecular complexity index is 710. The minimum Gasteiger partial charge on any atom is -0.462 e. The summed E-state index contributed by atoms with van der Waals surface area (Å²) in [7, 11) is 0. The van der Waals surface area contributed by atoms with Crippen LogP contribution in [-0.4, -0.2) is 36.4 Å². The average molecular weight is 394 g/mol. The van der Waals surface area contributed by atoms with Gasteiger partial charge in [0.25, 0.3) is 6.29 Å².